The molecule has 2 rings (SSSR count). The highest BCUT2D eigenvalue weighted by molar-refractivity contribution is 14.0. The van der Waals surface area contributed by atoms with Crippen molar-refractivity contribution in [1.29, 1.82) is 0 Å². The predicted octanol–water partition coefficient (Wildman–Crippen LogP) is 3.54. The molecular formula is C20H30IN5OS. The fourth-order valence-electron chi connectivity index (χ4n) is 2.50. The van der Waals surface area contributed by atoms with Crippen molar-refractivity contribution in [3.05, 3.63) is 51.5 Å². The van der Waals surface area contributed by atoms with E-state index in [9.17, 15) is 4.79 Å². The van der Waals surface area contributed by atoms with Crippen LogP contribution in [0.3, 0.4) is 0 Å². The molecule has 6 nitrogen and oxygen atoms in total. The van der Waals surface area contributed by atoms with Gasteiger partial charge >= 0.3 is 0 Å². The maximum Gasteiger partial charge on any atom is 0.251 e. The average Bonchev–Trinajstić information content (AvgIpc) is 3.15. The molecule has 1 heterocycles. The van der Waals surface area contributed by atoms with Crippen LogP contribution in [0.4, 0.5) is 0 Å². The number of thiazole rings is 1. The molecule has 0 radical (unpaired) electrons. The van der Waals surface area contributed by atoms with Crippen LogP contribution in [0.2, 0.25) is 0 Å². The van der Waals surface area contributed by atoms with Crippen molar-refractivity contribution in [2.24, 2.45) is 4.99 Å². The Labute approximate surface area is 188 Å². The molecule has 0 saturated heterocycles. The van der Waals surface area contributed by atoms with Crippen molar-refractivity contribution in [3.8, 4) is 0 Å². The smallest absolute Gasteiger partial charge is 0.251 e. The van der Waals surface area contributed by atoms with E-state index in [-0.39, 0.29) is 29.9 Å². The van der Waals surface area contributed by atoms with Crippen LogP contribution in [-0.4, -0.2) is 37.0 Å². The van der Waals surface area contributed by atoms with Gasteiger partial charge in [-0.25, -0.2) is 9.98 Å². The van der Waals surface area contributed by atoms with Crippen LogP contribution in [0.5, 0.6) is 0 Å². The van der Waals surface area contributed by atoms with E-state index in [1.807, 2.05) is 31.2 Å². The van der Waals surface area contributed by atoms with Crippen molar-refractivity contribution in [2.45, 2.75) is 39.7 Å². The molecule has 28 heavy (non-hydrogen) atoms. The lowest BCUT2D eigenvalue weighted by Gasteiger charge is -2.11. The molecule has 1 amide bonds. The Morgan fingerprint density at radius 1 is 1.29 bits per heavy atom. The normalized spacial score (nSPS) is 11.1. The second-order valence-corrected chi connectivity index (χ2v) is 7.37. The lowest BCUT2D eigenvalue weighted by molar-refractivity contribution is 0.0963. The van der Waals surface area contributed by atoms with Gasteiger partial charge in [0.05, 0.1) is 17.2 Å². The molecule has 0 atom stereocenters. The van der Waals surface area contributed by atoms with E-state index < -0.39 is 0 Å². The van der Waals surface area contributed by atoms with E-state index in [2.05, 4.69) is 45.2 Å². The third-order valence-corrected chi connectivity index (χ3v) is 5.12. The number of aliphatic imine (C=N–C) groups is 1. The van der Waals surface area contributed by atoms with Crippen molar-refractivity contribution >= 4 is 47.2 Å². The standard InChI is InChI=1S/C20H29N5OS.HI/c1-5-22-20(24-12-17-13-27-19(25-17)14(2)3)23-10-9-15-7-6-8-16(11-15)18(26)21-4;/h6-8,11,13-14H,5,9-10,12H2,1-4H3,(H,21,26)(H2,22,23,24);1H. The number of nitrogens with one attached hydrogen (secondary N) is 3. The first-order chi connectivity index (χ1) is 13.0. The Kier molecular flexibility index (Phi) is 11.1. The van der Waals surface area contributed by atoms with E-state index >= 15 is 0 Å². The summed E-state index contributed by atoms with van der Waals surface area (Å²) in [6, 6.07) is 7.68. The zero-order valence-electron chi connectivity index (χ0n) is 16.9. The number of rotatable bonds is 8. The Balaban J connectivity index is 0.00000392. The van der Waals surface area contributed by atoms with Gasteiger partial charge in [-0.2, -0.15) is 0 Å². The van der Waals surface area contributed by atoms with Crippen molar-refractivity contribution < 1.29 is 4.79 Å². The zero-order valence-corrected chi connectivity index (χ0v) is 20.1. The number of halogens is 1. The van der Waals surface area contributed by atoms with Crippen molar-refractivity contribution in [1.82, 2.24) is 20.9 Å². The van der Waals surface area contributed by atoms with Crippen molar-refractivity contribution in [2.75, 3.05) is 20.1 Å². The highest BCUT2D eigenvalue weighted by Crippen LogP contribution is 2.19. The topological polar surface area (TPSA) is 78.4 Å². The minimum atomic E-state index is -0.0660. The van der Waals surface area contributed by atoms with Gasteiger partial charge in [-0.15, -0.1) is 35.3 Å². The molecule has 154 valence electrons. The molecule has 0 unspecified atom stereocenters. The second-order valence-electron chi connectivity index (χ2n) is 6.48. The summed E-state index contributed by atoms with van der Waals surface area (Å²) >= 11 is 1.69. The Morgan fingerprint density at radius 2 is 2.07 bits per heavy atom. The van der Waals surface area contributed by atoms with E-state index in [1.165, 1.54) is 0 Å². The van der Waals surface area contributed by atoms with Crippen LogP contribution in [0, 0.1) is 0 Å². The summed E-state index contributed by atoms with van der Waals surface area (Å²) in [6.45, 7) is 8.44. The zero-order chi connectivity index (χ0) is 19.6. The molecular weight excluding hydrogens is 485 g/mol. The minimum absolute atomic E-state index is 0. The molecule has 0 fully saturated rings. The van der Waals surface area contributed by atoms with Gasteiger partial charge in [0.1, 0.15) is 0 Å². The van der Waals surface area contributed by atoms with E-state index in [0.29, 0.717) is 18.0 Å². The van der Waals surface area contributed by atoms with Gasteiger partial charge in [0.15, 0.2) is 5.96 Å². The Morgan fingerprint density at radius 3 is 2.71 bits per heavy atom. The maximum absolute atomic E-state index is 11.7. The van der Waals surface area contributed by atoms with Crippen LogP contribution in [0.25, 0.3) is 0 Å². The summed E-state index contributed by atoms with van der Waals surface area (Å²) in [7, 11) is 1.64. The summed E-state index contributed by atoms with van der Waals surface area (Å²) in [5, 5.41) is 12.5. The number of carbonyl (C=O) groups excluding carboxylic acids is 1. The van der Waals surface area contributed by atoms with Crippen LogP contribution >= 0.6 is 35.3 Å². The second kappa shape index (κ2) is 12.7. The molecule has 0 aliphatic carbocycles. The van der Waals surface area contributed by atoms with E-state index in [4.69, 9.17) is 0 Å². The van der Waals surface area contributed by atoms with Crippen molar-refractivity contribution in [3.63, 3.8) is 0 Å². The number of nitrogens with zero attached hydrogens (tertiary/aromatic N) is 2. The summed E-state index contributed by atoms with van der Waals surface area (Å²) in [4.78, 5) is 21.0. The Bertz CT molecular complexity index is 775. The largest absolute Gasteiger partial charge is 0.357 e. The van der Waals surface area contributed by atoms with Crippen LogP contribution in [-0.2, 0) is 13.0 Å². The van der Waals surface area contributed by atoms with E-state index in [0.717, 1.165) is 41.7 Å². The fraction of sp³-hybridized carbons (Fsp3) is 0.450. The number of guanidine groups is 1. The van der Waals surface area contributed by atoms with Gasteiger partial charge in [0, 0.05) is 37.0 Å². The van der Waals surface area contributed by atoms with Crippen LogP contribution < -0.4 is 16.0 Å². The van der Waals surface area contributed by atoms with E-state index in [1.54, 1.807) is 18.4 Å². The van der Waals surface area contributed by atoms with Gasteiger partial charge in [-0.1, -0.05) is 26.0 Å². The maximum atomic E-state index is 11.7. The van der Waals surface area contributed by atoms with Gasteiger partial charge < -0.3 is 16.0 Å². The molecule has 3 N–H and O–H groups in total. The monoisotopic (exact) mass is 515 g/mol. The minimum Gasteiger partial charge on any atom is -0.357 e. The summed E-state index contributed by atoms with van der Waals surface area (Å²) in [5.41, 5.74) is 2.79. The number of aromatic nitrogens is 1. The first kappa shape index (κ1) is 24.4. The third kappa shape index (κ3) is 7.75. The third-order valence-electron chi connectivity index (χ3n) is 3.93. The number of benzene rings is 1. The highest BCUT2D eigenvalue weighted by atomic mass is 127. The number of hydrogen-bond donors (Lipinski definition) is 3. The van der Waals surface area contributed by atoms with Gasteiger partial charge in [-0.3, -0.25) is 4.79 Å². The fourth-order valence-corrected chi connectivity index (χ4v) is 3.33. The molecule has 0 bridgehead atoms. The predicted molar refractivity (Wildman–Crippen MR) is 128 cm³/mol. The lowest BCUT2D eigenvalue weighted by Crippen LogP contribution is -2.38. The SMILES string of the molecule is CCNC(=NCc1csc(C(C)C)n1)NCCc1cccc(C(=O)NC)c1.I. The molecule has 0 spiro atoms. The van der Waals surface area contributed by atoms with Gasteiger partial charge in [0.2, 0.25) is 0 Å². The summed E-state index contributed by atoms with van der Waals surface area (Å²) in [6.07, 6.45) is 0.809. The molecule has 0 saturated carbocycles. The molecule has 0 aliphatic rings. The number of amides is 1. The van der Waals surface area contributed by atoms with Crippen LogP contribution in [0.15, 0.2) is 34.6 Å². The molecule has 2 aromatic rings. The molecule has 1 aromatic heterocycles. The number of carbonyl (C=O) groups is 1. The molecule has 1 aromatic carbocycles. The first-order valence-corrected chi connectivity index (χ1v) is 10.2. The van der Waals surface area contributed by atoms with Gasteiger partial charge in [0.25, 0.3) is 5.91 Å². The van der Waals surface area contributed by atoms with Gasteiger partial charge in [-0.05, 0) is 31.0 Å². The number of hydrogen-bond acceptors (Lipinski definition) is 4. The summed E-state index contributed by atoms with van der Waals surface area (Å²) < 4.78 is 0. The summed E-state index contributed by atoms with van der Waals surface area (Å²) in [5.74, 6) is 1.16. The molecule has 8 heteroatoms. The Hall–Kier alpha value is -1.68. The first-order valence-electron chi connectivity index (χ1n) is 9.31. The highest BCUT2D eigenvalue weighted by Gasteiger charge is 2.06. The quantitative estimate of drug-likeness (QED) is 0.286. The lowest BCUT2D eigenvalue weighted by atomic mass is 10.1. The van der Waals surface area contributed by atoms with Crippen LogP contribution in [0.1, 0.15) is 53.3 Å². The molecule has 0 aliphatic heterocycles. The average molecular weight is 515 g/mol.